The summed E-state index contributed by atoms with van der Waals surface area (Å²) in [4.78, 5) is 15.1. The number of fused-ring (bicyclic) bond motifs is 1. The number of rotatable bonds is 4. The molecule has 152 valence electrons. The Labute approximate surface area is 177 Å². The van der Waals surface area contributed by atoms with Gasteiger partial charge in [-0.3, -0.25) is 9.69 Å². The number of nitrogens with zero attached hydrogens (tertiary/aromatic N) is 1. The van der Waals surface area contributed by atoms with Crippen LogP contribution in [0.2, 0.25) is 0 Å². The number of anilines is 2. The standard InChI is InChI=1S/C20H23N3O3.2ClH/c21-16-9-18-19(26-13-25-18)10-17(16)22-20(24)15-7-4-8-23(12-15)11-14-5-2-1-3-6-14;;/h1-3,5-6,9-10,15H,4,7-8,11-13,21H2,(H,22,24);2*1H. The number of carbonyl (C=O) groups excluding carboxylic acids is 1. The first-order valence-corrected chi connectivity index (χ1v) is 8.95. The van der Waals surface area contributed by atoms with Crippen molar-refractivity contribution in [3.63, 3.8) is 0 Å². The SMILES string of the molecule is Cl.Cl.Nc1cc2c(cc1NC(=O)C1CCCN(Cc3ccccc3)C1)OCO2. The number of amides is 1. The molecule has 1 unspecified atom stereocenters. The number of nitrogens with one attached hydrogen (secondary N) is 1. The second kappa shape index (κ2) is 9.87. The number of hydrogen-bond donors (Lipinski definition) is 2. The molecule has 2 aliphatic heterocycles. The van der Waals surface area contributed by atoms with Gasteiger partial charge in [0.25, 0.3) is 0 Å². The summed E-state index contributed by atoms with van der Waals surface area (Å²) >= 11 is 0. The first kappa shape index (κ1) is 22.1. The van der Waals surface area contributed by atoms with Gasteiger partial charge in [-0.2, -0.15) is 0 Å². The predicted molar refractivity (Wildman–Crippen MR) is 115 cm³/mol. The van der Waals surface area contributed by atoms with Crippen LogP contribution in [-0.2, 0) is 11.3 Å². The van der Waals surface area contributed by atoms with Crippen LogP contribution < -0.4 is 20.5 Å². The maximum absolute atomic E-state index is 12.8. The van der Waals surface area contributed by atoms with Crippen molar-refractivity contribution in [2.45, 2.75) is 19.4 Å². The topological polar surface area (TPSA) is 76.8 Å². The molecule has 6 nitrogen and oxygen atoms in total. The predicted octanol–water partition coefficient (Wildman–Crippen LogP) is 3.69. The lowest BCUT2D eigenvalue weighted by Gasteiger charge is -2.32. The maximum Gasteiger partial charge on any atom is 0.231 e. The van der Waals surface area contributed by atoms with E-state index < -0.39 is 0 Å². The van der Waals surface area contributed by atoms with Crippen molar-refractivity contribution >= 4 is 42.1 Å². The van der Waals surface area contributed by atoms with Gasteiger partial charge in [0.2, 0.25) is 12.7 Å². The highest BCUT2D eigenvalue weighted by Gasteiger charge is 2.27. The van der Waals surface area contributed by atoms with Gasteiger partial charge in [-0.05, 0) is 24.9 Å². The Kier molecular flexibility index (Phi) is 7.80. The molecule has 4 rings (SSSR count). The highest BCUT2D eigenvalue weighted by Crippen LogP contribution is 2.38. The minimum absolute atomic E-state index is 0. The number of piperidine rings is 1. The summed E-state index contributed by atoms with van der Waals surface area (Å²) in [5.41, 5.74) is 8.38. The quantitative estimate of drug-likeness (QED) is 0.730. The van der Waals surface area contributed by atoms with Crippen molar-refractivity contribution in [1.29, 1.82) is 0 Å². The molecular weight excluding hydrogens is 401 g/mol. The van der Waals surface area contributed by atoms with Gasteiger partial charge in [-0.15, -0.1) is 24.8 Å². The number of nitrogen functional groups attached to an aromatic ring is 1. The van der Waals surface area contributed by atoms with Gasteiger partial charge in [0.15, 0.2) is 11.5 Å². The third kappa shape index (κ3) is 5.01. The highest BCUT2D eigenvalue weighted by molar-refractivity contribution is 5.96. The largest absolute Gasteiger partial charge is 0.454 e. The van der Waals surface area contributed by atoms with E-state index in [9.17, 15) is 4.79 Å². The Morgan fingerprint density at radius 1 is 1.14 bits per heavy atom. The van der Waals surface area contributed by atoms with Crippen molar-refractivity contribution in [3.8, 4) is 11.5 Å². The van der Waals surface area contributed by atoms with Crippen LogP contribution in [0.25, 0.3) is 0 Å². The summed E-state index contributed by atoms with van der Waals surface area (Å²) in [7, 11) is 0. The minimum Gasteiger partial charge on any atom is -0.454 e. The van der Waals surface area contributed by atoms with E-state index in [2.05, 4.69) is 22.3 Å². The van der Waals surface area contributed by atoms with Crippen molar-refractivity contribution in [2.75, 3.05) is 30.9 Å². The number of carbonyl (C=O) groups is 1. The molecule has 3 N–H and O–H groups in total. The zero-order chi connectivity index (χ0) is 17.9. The van der Waals surface area contributed by atoms with E-state index in [1.807, 2.05) is 18.2 Å². The average Bonchev–Trinajstić information content (AvgIpc) is 3.10. The fraction of sp³-hybridized carbons (Fsp3) is 0.350. The lowest BCUT2D eigenvalue weighted by atomic mass is 9.96. The third-order valence-corrected chi connectivity index (χ3v) is 4.93. The molecule has 2 aromatic carbocycles. The van der Waals surface area contributed by atoms with Gasteiger partial charge in [-0.25, -0.2) is 0 Å². The molecule has 1 amide bonds. The normalized spacial score (nSPS) is 17.9. The summed E-state index contributed by atoms with van der Waals surface area (Å²) in [6, 6.07) is 13.8. The smallest absolute Gasteiger partial charge is 0.231 e. The first-order valence-electron chi connectivity index (χ1n) is 8.95. The molecule has 2 aliphatic rings. The lowest BCUT2D eigenvalue weighted by Crippen LogP contribution is -2.40. The summed E-state index contributed by atoms with van der Waals surface area (Å²) < 4.78 is 10.7. The molecule has 8 heteroatoms. The molecule has 0 spiro atoms. The van der Waals surface area contributed by atoms with E-state index in [1.54, 1.807) is 12.1 Å². The van der Waals surface area contributed by atoms with Gasteiger partial charge in [-0.1, -0.05) is 30.3 Å². The number of halogens is 2. The van der Waals surface area contributed by atoms with Crippen molar-refractivity contribution in [3.05, 3.63) is 48.0 Å². The fourth-order valence-electron chi connectivity index (χ4n) is 3.56. The molecule has 2 aromatic rings. The zero-order valence-corrected chi connectivity index (χ0v) is 17.1. The molecule has 1 fully saturated rings. The van der Waals surface area contributed by atoms with E-state index in [1.165, 1.54) is 5.56 Å². The fourth-order valence-corrected chi connectivity index (χ4v) is 3.56. The van der Waals surface area contributed by atoms with E-state index in [-0.39, 0.29) is 43.4 Å². The van der Waals surface area contributed by atoms with Gasteiger partial charge >= 0.3 is 0 Å². The highest BCUT2D eigenvalue weighted by atomic mass is 35.5. The monoisotopic (exact) mass is 425 g/mol. The van der Waals surface area contributed by atoms with Gasteiger partial charge in [0, 0.05) is 25.2 Å². The number of nitrogens with two attached hydrogens (primary N) is 1. The Morgan fingerprint density at radius 2 is 1.86 bits per heavy atom. The van der Waals surface area contributed by atoms with Crippen LogP contribution in [0.4, 0.5) is 11.4 Å². The van der Waals surface area contributed by atoms with E-state index in [0.29, 0.717) is 22.9 Å². The van der Waals surface area contributed by atoms with E-state index >= 15 is 0 Å². The second-order valence-corrected chi connectivity index (χ2v) is 6.84. The zero-order valence-electron chi connectivity index (χ0n) is 15.4. The second-order valence-electron chi connectivity index (χ2n) is 6.84. The number of ether oxygens (including phenoxy) is 2. The van der Waals surface area contributed by atoms with Crippen LogP contribution in [0.15, 0.2) is 42.5 Å². The van der Waals surface area contributed by atoms with E-state index in [4.69, 9.17) is 15.2 Å². The Morgan fingerprint density at radius 3 is 2.61 bits per heavy atom. The molecular formula is C20H25Cl2N3O3. The van der Waals surface area contributed by atoms with Gasteiger partial charge in [0.05, 0.1) is 17.3 Å². The summed E-state index contributed by atoms with van der Waals surface area (Å²) in [5, 5.41) is 2.97. The van der Waals surface area contributed by atoms with Crippen molar-refractivity contribution < 1.29 is 14.3 Å². The average molecular weight is 426 g/mol. The number of hydrogen-bond acceptors (Lipinski definition) is 5. The van der Waals surface area contributed by atoms with Crippen molar-refractivity contribution in [1.82, 2.24) is 4.90 Å². The third-order valence-electron chi connectivity index (χ3n) is 4.93. The van der Waals surface area contributed by atoms with E-state index in [0.717, 1.165) is 32.5 Å². The van der Waals surface area contributed by atoms with Crippen LogP contribution in [0.1, 0.15) is 18.4 Å². The first-order chi connectivity index (χ1) is 12.7. The van der Waals surface area contributed by atoms with Crippen LogP contribution >= 0.6 is 24.8 Å². The van der Waals surface area contributed by atoms with Gasteiger partial charge < -0.3 is 20.5 Å². The molecule has 28 heavy (non-hydrogen) atoms. The number of likely N-dealkylation sites (tertiary alicyclic amines) is 1. The Balaban J connectivity index is 0.00000140. The van der Waals surface area contributed by atoms with Crippen LogP contribution in [0, 0.1) is 5.92 Å². The summed E-state index contributed by atoms with van der Waals surface area (Å²) in [6.45, 7) is 2.83. The molecule has 0 aliphatic carbocycles. The Bertz CT molecular complexity index is 805. The molecule has 0 bridgehead atoms. The molecule has 2 heterocycles. The summed E-state index contributed by atoms with van der Waals surface area (Å²) in [5.74, 6) is 1.20. The maximum atomic E-state index is 12.8. The molecule has 0 saturated carbocycles. The Hall–Kier alpha value is -2.15. The molecule has 0 aromatic heterocycles. The molecule has 1 saturated heterocycles. The molecule has 1 atom stereocenters. The minimum atomic E-state index is -0.0442. The molecule has 0 radical (unpaired) electrons. The lowest BCUT2D eigenvalue weighted by molar-refractivity contribution is -0.121. The van der Waals surface area contributed by atoms with Crippen LogP contribution in [-0.4, -0.2) is 30.7 Å². The van der Waals surface area contributed by atoms with Crippen LogP contribution in [0.3, 0.4) is 0 Å². The van der Waals surface area contributed by atoms with Gasteiger partial charge in [0.1, 0.15) is 0 Å². The van der Waals surface area contributed by atoms with Crippen molar-refractivity contribution in [2.24, 2.45) is 5.92 Å². The number of benzene rings is 2. The van der Waals surface area contributed by atoms with Crippen LogP contribution in [0.5, 0.6) is 11.5 Å². The summed E-state index contributed by atoms with van der Waals surface area (Å²) in [6.07, 6.45) is 1.91.